The van der Waals surface area contributed by atoms with Crippen molar-refractivity contribution in [1.82, 2.24) is 9.78 Å². The second-order valence-corrected chi connectivity index (χ2v) is 5.82. The lowest BCUT2D eigenvalue weighted by molar-refractivity contribution is 0.174. The second-order valence-electron chi connectivity index (χ2n) is 5.41. The third-order valence-electron chi connectivity index (χ3n) is 3.84. The first kappa shape index (κ1) is 16.1. The van der Waals surface area contributed by atoms with Crippen molar-refractivity contribution in [3.05, 3.63) is 52.8 Å². The van der Waals surface area contributed by atoms with Gasteiger partial charge in [0.25, 0.3) is 0 Å². The lowest BCUT2D eigenvalue weighted by Gasteiger charge is -2.13. The van der Waals surface area contributed by atoms with Crippen LogP contribution >= 0.6 is 11.6 Å². The third-order valence-corrected chi connectivity index (χ3v) is 4.21. The van der Waals surface area contributed by atoms with Crippen LogP contribution in [0.25, 0.3) is 0 Å². The molecule has 3 nitrogen and oxygen atoms in total. The van der Waals surface area contributed by atoms with E-state index < -0.39 is 6.10 Å². The maximum atomic E-state index is 10.2. The van der Waals surface area contributed by atoms with E-state index in [1.807, 2.05) is 41.2 Å². The van der Waals surface area contributed by atoms with Gasteiger partial charge in [0, 0.05) is 24.1 Å². The molecule has 1 unspecified atom stereocenters. The average Bonchev–Trinajstić information content (AvgIpc) is 2.91. The minimum absolute atomic E-state index is 0.444. The highest BCUT2D eigenvalue weighted by Crippen LogP contribution is 2.19. The topological polar surface area (TPSA) is 38.0 Å². The van der Waals surface area contributed by atoms with Gasteiger partial charge in [0.2, 0.25) is 0 Å². The summed E-state index contributed by atoms with van der Waals surface area (Å²) in [4.78, 5) is 0. The molecule has 1 heterocycles. The Hall–Kier alpha value is -1.32. The van der Waals surface area contributed by atoms with Gasteiger partial charge >= 0.3 is 0 Å². The first-order valence-corrected chi connectivity index (χ1v) is 7.97. The van der Waals surface area contributed by atoms with Gasteiger partial charge in [-0.1, -0.05) is 43.6 Å². The van der Waals surface area contributed by atoms with Gasteiger partial charge in [0.05, 0.1) is 17.8 Å². The zero-order chi connectivity index (χ0) is 15.2. The van der Waals surface area contributed by atoms with Gasteiger partial charge in [-0.3, -0.25) is 4.68 Å². The molecule has 0 spiro atoms. The molecule has 0 saturated carbocycles. The maximum absolute atomic E-state index is 10.2. The van der Waals surface area contributed by atoms with E-state index >= 15 is 0 Å². The molecule has 114 valence electrons. The van der Waals surface area contributed by atoms with Gasteiger partial charge in [-0.15, -0.1) is 0 Å². The first-order chi connectivity index (χ1) is 10.1. The van der Waals surface area contributed by atoms with Crippen molar-refractivity contribution < 1.29 is 5.11 Å². The number of nitrogens with zero attached hydrogens (tertiary/aromatic N) is 2. The predicted octanol–water partition coefficient (Wildman–Crippen LogP) is 4.04. The van der Waals surface area contributed by atoms with Crippen LogP contribution in [0.15, 0.2) is 36.5 Å². The van der Waals surface area contributed by atoms with E-state index in [1.165, 1.54) is 0 Å². The lowest BCUT2D eigenvalue weighted by atomic mass is 10.0. The molecule has 0 radical (unpaired) electrons. The van der Waals surface area contributed by atoms with E-state index in [-0.39, 0.29) is 0 Å². The number of hydrogen-bond donors (Lipinski definition) is 1. The van der Waals surface area contributed by atoms with Crippen molar-refractivity contribution in [3.63, 3.8) is 0 Å². The summed E-state index contributed by atoms with van der Waals surface area (Å²) in [5.41, 5.74) is 1.91. The van der Waals surface area contributed by atoms with Gasteiger partial charge in [0.15, 0.2) is 0 Å². The van der Waals surface area contributed by atoms with Gasteiger partial charge in [-0.25, -0.2) is 0 Å². The van der Waals surface area contributed by atoms with E-state index in [9.17, 15) is 5.11 Å². The molecule has 1 aromatic carbocycles. The van der Waals surface area contributed by atoms with Crippen molar-refractivity contribution in [3.8, 4) is 0 Å². The monoisotopic (exact) mass is 306 g/mol. The second kappa shape index (κ2) is 7.62. The predicted molar refractivity (Wildman–Crippen MR) is 86.7 cm³/mol. The average molecular weight is 307 g/mol. The van der Waals surface area contributed by atoms with Gasteiger partial charge < -0.3 is 5.11 Å². The minimum atomic E-state index is -0.463. The Labute approximate surface area is 131 Å². The van der Waals surface area contributed by atoms with Crippen LogP contribution in [0.4, 0.5) is 0 Å². The zero-order valence-electron chi connectivity index (χ0n) is 12.7. The highest BCUT2D eigenvalue weighted by molar-refractivity contribution is 6.31. The molecular weight excluding hydrogens is 284 g/mol. The molecule has 2 aromatic rings. The Morgan fingerprint density at radius 1 is 1.14 bits per heavy atom. The molecule has 0 aliphatic carbocycles. The van der Waals surface area contributed by atoms with Gasteiger partial charge in [-0.05, 0) is 30.5 Å². The van der Waals surface area contributed by atoms with E-state index in [0.717, 1.165) is 24.1 Å². The van der Waals surface area contributed by atoms with E-state index in [2.05, 4.69) is 18.9 Å². The quantitative estimate of drug-likeness (QED) is 0.838. The lowest BCUT2D eigenvalue weighted by Crippen LogP contribution is -2.15. The van der Waals surface area contributed by atoms with Gasteiger partial charge in [-0.2, -0.15) is 5.10 Å². The zero-order valence-corrected chi connectivity index (χ0v) is 13.4. The summed E-state index contributed by atoms with van der Waals surface area (Å²) in [6, 6.07) is 10.1. The Bertz CT molecular complexity index is 563. The SMILES string of the molecule is CCC(CC)n1ccc(CC(O)Cc2ccccc2Cl)n1. The van der Waals surface area contributed by atoms with Crippen LogP contribution in [-0.2, 0) is 12.8 Å². The number of benzene rings is 1. The van der Waals surface area contributed by atoms with Crippen LogP contribution in [0.2, 0.25) is 5.02 Å². The fourth-order valence-corrected chi connectivity index (χ4v) is 2.80. The Balaban J connectivity index is 1.97. The number of aliphatic hydroxyl groups is 1. The molecule has 21 heavy (non-hydrogen) atoms. The summed E-state index contributed by atoms with van der Waals surface area (Å²) >= 11 is 6.12. The summed E-state index contributed by atoms with van der Waals surface area (Å²) in [7, 11) is 0. The molecule has 4 heteroatoms. The fourth-order valence-electron chi connectivity index (χ4n) is 2.58. The highest BCUT2D eigenvalue weighted by Gasteiger charge is 2.13. The fraction of sp³-hybridized carbons (Fsp3) is 0.471. The number of halogens is 1. The van der Waals surface area contributed by atoms with Crippen molar-refractivity contribution >= 4 is 11.6 Å². The number of aliphatic hydroxyl groups excluding tert-OH is 1. The van der Waals surface area contributed by atoms with E-state index in [1.54, 1.807) is 0 Å². The number of aromatic nitrogens is 2. The largest absolute Gasteiger partial charge is 0.392 e. The standard InChI is InChI=1S/C17H23ClN2O/c1-3-15(4-2)20-10-9-14(19-20)12-16(21)11-13-7-5-6-8-17(13)18/h5-10,15-16,21H,3-4,11-12H2,1-2H3. The summed E-state index contributed by atoms with van der Waals surface area (Å²) in [6.45, 7) is 4.34. The molecular formula is C17H23ClN2O. The normalized spacial score (nSPS) is 12.8. The van der Waals surface area contributed by atoms with Crippen LogP contribution in [0.5, 0.6) is 0 Å². The first-order valence-electron chi connectivity index (χ1n) is 7.59. The van der Waals surface area contributed by atoms with Crippen molar-refractivity contribution in [2.24, 2.45) is 0 Å². The Morgan fingerprint density at radius 2 is 1.86 bits per heavy atom. The van der Waals surface area contributed by atoms with Crippen LogP contribution in [0, 0.1) is 0 Å². The van der Waals surface area contributed by atoms with Gasteiger partial charge in [0.1, 0.15) is 0 Å². The summed E-state index contributed by atoms with van der Waals surface area (Å²) in [6.07, 6.45) is 4.79. The molecule has 2 rings (SSSR count). The molecule has 0 bridgehead atoms. The Kier molecular flexibility index (Phi) is 5.83. The van der Waals surface area contributed by atoms with Crippen molar-refractivity contribution in [2.75, 3.05) is 0 Å². The summed E-state index contributed by atoms with van der Waals surface area (Å²) < 4.78 is 2.01. The molecule has 1 N–H and O–H groups in total. The van der Waals surface area contributed by atoms with Crippen molar-refractivity contribution in [2.45, 2.75) is 51.7 Å². The smallest absolute Gasteiger partial charge is 0.0650 e. The van der Waals surface area contributed by atoms with Crippen LogP contribution < -0.4 is 0 Å². The maximum Gasteiger partial charge on any atom is 0.0650 e. The molecule has 1 atom stereocenters. The van der Waals surface area contributed by atoms with Crippen LogP contribution in [0.3, 0.4) is 0 Å². The molecule has 0 aliphatic rings. The van der Waals surface area contributed by atoms with E-state index in [4.69, 9.17) is 11.6 Å². The number of rotatable bonds is 7. The molecule has 0 saturated heterocycles. The van der Waals surface area contributed by atoms with Crippen LogP contribution in [-0.4, -0.2) is 21.0 Å². The molecule has 0 aliphatic heterocycles. The van der Waals surface area contributed by atoms with Crippen LogP contribution in [0.1, 0.15) is 44.0 Å². The molecule has 1 aromatic heterocycles. The minimum Gasteiger partial charge on any atom is -0.392 e. The van der Waals surface area contributed by atoms with E-state index in [0.29, 0.717) is 23.9 Å². The summed E-state index contributed by atoms with van der Waals surface area (Å²) in [5.74, 6) is 0. The highest BCUT2D eigenvalue weighted by atomic mass is 35.5. The summed E-state index contributed by atoms with van der Waals surface area (Å²) in [5, 5.41) is 15.5. The number of hydrogen-bond acceptors (Lipinski definition) is 2. The Morgan fingerprint density at radius 3 is 2.52 bits per heavy atom. The molecule has 0 amide bonds. The third kappa shape index (κ3) is 4.32. The van der Waals surface area contributed by atoms with Crippen molar-refractivity contribution in [1.29, 1.82) is 0 Å². The molecule has 0 fully saturated rings.